The highest BCUT2D eigenvalue weighted by atomic mass is 16.5. The SMILES string of the molecule is CNC(=O)c1ccc(N2CCN(C(=O)CCc3nc4c(OCc5ccccc5)cccc4c(=O)[nH]3)CC2)nc1. The zero-order valence-electron chi connectivity index (χ0n) is 21.7. The Morgan fingerprint density at radius 3 is 2.51 bits per heavy atom. The Balaban J connectivity index is 1.19. The van der Waals surface area contributed by atoms with E-state index in [1.807, 2.05) is 41.3 Å². The molecule has 39 heavy (non-hydrogen) atoms. The van der Waals surface area contributed by atoms with E-state index in [1.165, 1.54) is 0 Å². The first-order valence-electron chi connectivity index (χ1n) is 12.9. The number of carbonyl (C=O) groups is 2. The molecule has 200 valence electrons. The van der Waals surface area contributed by atoms with Crippen molar-refractivity contribution in [2.24, 2.45) is 0 Å². The molecular weight excluding hydrogens is 496 g/mol. The Bertz CT molecular complexity index is 1510. The molecule has 0 atom stereocenters. The van der Waals surface area contributed by atoms with Crippen LogP contribution in [0.2, 0.25) is 0 Å². The van der Waals surface area contributed by atoms with Crippen LogP contribution in [0.15, 0.2) is 71.7 Å². The number of aryl methyl sites for hydroxylation is 1. The normalized spacial score (nSPS) is 13.4. The van der Waals surface area contributed by atoms with Crippen molar-refractivity contribution in [1.82, 2.24) is 25.2 Å². The molecule has 0 bridgehead atoms. The van der Waals surface area contributed by atoms with Gasteiger partial charge in [-0.3, -0.25) is 14.4 Å². The Labute approximate surface area is 225 Å². The summed E-state index contributed by atoms with van der Waals surface area (Å²) in [5.41, 5.74) is 1.76. The molecule has 10 nitrogen and oxygen atoms in total. The van der Waals surface area contributed by atoms with E-state index in [2.05, 4.69) is 25.2 Å². The largest absolute Gasteiger partial charge is 0.487 e. The van der Waals surface area contributed by atoms with Gasteiger partial charge < -0.3 is 24.8 Å². The Morgan fingerprint density at radius 2 is 1.79 bits per heavy atom. The number of pyridine rings is 1. The third-order valence-corrected chi connectivity index (χ3v) is 6.75. The van der Waals surface area contributed by atoms with E-state index >= 15 is 0 Å². The van der Waals surface area contributed by atoms with Gasteiger partial charge in [-0.1, -0.05) is 36.4 Å². The quantitative estimate of drug-likeness (QED) is 0.362. The van der Waals surface area contributed by atoms with Gasteiger partial charge in [0.2, 0.25) is 5.91 Å². The van der Waals surface area contributed by atoms with Crippen molar-refractivity contribution in [2.45, 2.75) is 19.4 Å². The number of ether oxygens (including phenoxy) is 1. The highest BCUT2D eigenvalue weighted by molar-refractivity contribution is 5.93. The number of aromatic nitrogens is 3. The lowest BCUT2D eigenvalue weighted by Gasteiger charge is -2.35. The van der Waals surface area contributed by atoms with Gasteiger partial charge in [-0.25, -0.2) is 9.97 Å². The first-order chi connectivity index (χ1) is 19.0. The molecule has 1 aliphatic rings. The van der Waals surface area contributed by atoms with E-state index < -0.39 is 0 Å². The molecule has 1 saturated heterocycles. The number of anilines is 1. The second-order valence-electron chi connectivity index (χ2n) is 9.29. The van der Waals surface area contributed by atoms with Crippen molar-refractivity contribution >= 4 is 28.5 Å². The van der Waals surface area contributed by atoms with Gasteiger partial charge in [0.1, 0.15) is 29.5 Å². The van der Waals surface area contributed by atoms with E-state index in [4.69, 9.17) is 4.74 Å². The molecule has 0 saturated carbocycles. The predicted octanol–water partition coefficient (Wildman–Crippen LogP) is 2.54. The zero-order chi connectivity index (χ0) is 27.2. The maximum Gasteiger partial charge on any atom is 0.258 e. The van der Waals surface area contributed by atoms with E-state index in [0.29, 0.717) is 67.2 Å². The highest BCUT2D eigenvalue weighted by Gasteiger charge is 2.22. The van der Waals surface area contributed by atoms with E-state index in [-0.39, 0.29) is 23.8 Å². The number of para-hydroxylation sites is 1. The summed E-state index contributed by atoms with van der Waals surface area (Å²) in [7, 11) is 1.58. The molecule has 0 radical (unpaired) electrons. The molecule has 0 spiro atoms. The van der Waals surface area contributed by atoms with E-state index in [1.54, 1.807) is 37.5 Å². The number of amides is 2. The molecule has 2 amide bonds. The number of benzene rings is 2. The standard InChI is InChI=1S/C29H30N6O4/c1-30-28(37)21-10-12-25(31-18-21)34-14-16-35(17-15-34)26(36)13-11-24-32-27-22(29(38)33-24)8-5-9-23(27)39-19-20-6-3-2-4-7-20/h2-10,12,18H,11,13-17,19H2,1H3,(H,30,37)(H,32,33,38). The van der Waals surface area contributed by atoms with Gasteiger partial charge in [0.25, 0.3) is 11.5 Å². The molecule has 3 heterocycles. The van der Waals surface area contributed by atoms with Crippen molar-refractivity contribution < 1.29 is 14.3 Å². The molecule has 2 aromatic heterocycles. The van der Waals surface area contributed by atoms with E-state index in [0.717, 1.165) is 11.4 Å². The molecular formula is C29H30N6O4. The van der Waals surface area contributed by atoms with Crippen LogP contribution in [0.4, 0.5) is 5.82 Å². The molecule has 1 aliphatic heterocycles. The van der Waals surface area contributed by atoms with Crippen LogP contribution >= 0.6 is 0 Å². The van der Waals surface area contributed by atoms with Gasteiger partial charge in [0, 0.05) is 52.3 Å². The van der Waals surface area contributed by atoms with Crippen molar-refractivity contribution in [3.05, 3.63) is 94.2 Å². The third kappa shape index (κ3) is 6.06. The average molecular weight is 527 g/mol. The fraction of sp³-hybridized carbons (Fsp3) is 0.276. The molecule has 4 aromatic rings. The molecule has 0 aliphatic carbocycles. The summed E-state index contributed by atoms with van der Waals surface area (Å²) < 4.78 is 5.99. The van der Waals surface area contributed by atoms with Gasteiger partial charge in [-0.05, 0) is 29.8 Å². The maximum atomic E-state index is 12.9. The lowest BCUT2D eigenvalue weighted by molar-refractivity contribution is -0.131. The number of piperazine rings is 1. The van der Waals surface area contributed by atoms with Crippen molar-refractivity contribution in [3.63, 3.8) is 0 Å². The summed E-state index contributed by atoms with van der Waals surface area (Å²) in [5.74, 6) is 1.59. The smallest absolute Gasteiger partial charge is 0.258 e. The lowest BCUT2D eigenvalue weighted by atomic mass is 10.2. The fourth-order valence-corrected chi connectivity index (χ4v) is 4.57. The van der Waals surface area contributed by atoms with Gasteiger partial charge in [-0.2, -0.15) is 0 Å². The first-order valence-corrected chi connectivity index (χ1v) is 12.9. The van der Waals surface area contributed by atoms with Crippen molar-refractivity contribution in [3.8, 4) is 5.75 Å². The number of aromatic amines is 1. The van der Waals surface area contributed by atoms with Gasteiger partial charge in [0.05, 0.1) is 10.9 Å². The number of H-pyrrole nitrogens is 1. The number of hydrogen-bond donors (Lipinski definition) is 2. The van der Waals surface area contributed by atoms with Crippen LogP contribution < -0.4 is 20.5 Å². The minimum Gasteiger partial charge on any atom is -0.487 e. The van der Waals surface area contributed by atoms with Crippen LogP contribution in [-0.4, -0.2) is 64.9 Å². The Kier molecular flexibility index (Phi) is 7.81. The van der Waals surface area contributed by atoms with E-state index in [9.17, 15) is 14.4 Å². The van der Waals surface area contributed by atoms with Gasteiger partial charge >= 0.3 is 0 Å². The van der Waals surface area contributed by atoms with Crippen LogP contribution in [0, 0.1) is 0 Å². The zero-order valence-corrected chi connectivity index (χ0v) is 21.7. The minimum atomic E-state index is -0.254. The Morgan fingerprint density at radius 1 is 1.00 bits per heavy atom. The number of hydrogen-bond acceptors (Lipinski definition) is 7. The summed E-state index contributed by atoms with van der Waals surface area (Å²) in [6, 6.07) is 18.6. The second kappa shape index (κ2) is 11.8. The summed E-state index contributed by atoms with van der Waals surface area (Å²) in [6.45, 7) is 2.78. The lowest BCUT2D eigenvalue weighted by Crippen LogP contribution is -2.49. The number of rotatable bonds is 8. The molecule has 1 fully saturated rings. The average Bonchev–Trinajstić information content (AvgIpc) is 2.99. The van der Waals surface area contributed by atoms with Crippen LogP contribution in [0.25, 0.3) is 10.9 Å². The van der Waals surface area contributed by atoms with Crippen molar-refractivity contribution in [1.29, 1.82) is 0 Å². The maximum absolute atomic E-state index is 12.9. The van der Waals surface area contributed by atoms with Crippen LogP contribution in [0.5, 0.6) is 5.75 Å². The summed E-state index contributed by atoms with van der Waals surface area (Å²) in [6.07, 6.45) is 2.11. The molecule has 0 unspecified atom stereocenters. The number of nitrogens with one attached hydrogen (secondary N) is 2. The molecule has 2 N–H and O–H groups in total. The fourth-order valence-electron chi connectivity index (χ4n) is 4.57. The monoisotopic (exact) mass is 526 g/mol. The van der Waals surface area contributed by atoms with Crippen LogP contribution in [0.1, 0.15) is 28.2 Å². The molecule has 10 heteroatoms. The number of fused-ring (bicyclic) bond motifs is 1. The molecule has 2 aromatic carbocycles. The predicted molar refractivity (Wildman–Crippen MR) is 148 cm³/mol. The van der Waals surface area contributed by atoms with Crippen LogP contribution in [-0.2, 0) is 17.8 Å². The third-order valence-electron chi connectivity index (χ3n) is 6.75. The second-order valence-corrected chi connectivity index (χ2v) is 9.29. The van der Waals surface area contributed by atoms with Crippen LogP contribution in [0.3, 0.4) is 0 Å². The van der Waals surface area contributed by atoms with Gasteiger partial charge in [0.15, 0.2) is 0 Å². The molecule has 5 rings (SSSR count). The Hall–Kier alpha value is -4.73. The first kappa shape index (κ1) is 25.9. The number of nitrogens with zero attached hydrogens (tertiary/aromatic N) is 4. The van der Waals surface area contributed by atoms with Gasteiger partial charge in [-0.15, -0.1) is 0 Å². The minimum absolute atomic E-state index is 0.00827. The number of carbonyl (C=O) groups excluding carboxylic acids is 2. The summed E-state index contributed by atoms with van der Waals surface area (Å²) in [4.78, 5) is 53.2. The van der Waals surface area contributed by atoms with Crippen molar-refractivity contribution in [2.75, 3.05) is 38.1 Å². The topological polar surface area (TPSA) is 121 Å². The highest BCUT2D eigenvalue weighted by Crippen LogP contribution is 2.23. The summed E-state index contributed by atoms with van der Waals surface area (Å²) in [5, 5.41) is 3.03. The summed E-state index contributed by atoms with van der Waals surface area (Å²) >= 11 is 0.